The number of nitrogens with one attached hydrogen (secondary N) is 2. The van der Waals surface area contributed by atoms with Crippen molar-refractivity contribution >= 4 is 55.0 Å². The van der Waals surface area contributed by atoms with Crippen LogP contribution in [0.1, 0.15) is 39.7 Å². The molecule has 2 heterocycles. The maximum atomic E-state index is 13.2. The molecule has 0 aliphatic heterocycles. The molecule has 1 aliphatic carbocycles. The van der Waals surface area contributed by atoms with Crippen molar-refractivity contribution in [3.05, 3.63) is 70.1 Å². The summed E-state index contributed by atoms with van der Waals surface area (Å²) in [4.78, 5) is 23.3. The van der Waals surface area contributed by atoms with Crippen LogP contribution in [0.15, 0.2) is 53.4 Å². The topological polar surface area (TPSA) is 110 Å². The first-order valence-corrected chi connectivity index (χ1v) is 13.6. The quantitative estimate of drug-likeness (QED) is 0.330. The van der Waals surface area contributed by atoms with Gasteiger partial charge in [0.2, 0.25) is 0 Å². The summed E-state index contributed by atoms with van der Waals surface area (Å²) in [6.07, 6.45) is 2.69. The van der Waals surface area contributed by atoms with Gasteiger partial charge in [-0.3, -0.25) is 4.72 Å². The first-order chi connectivity index (χ1) is 16.9. The number of sulfonamides is 1. The van der Waals surface area contributed by atoms with Crippen molar-refractivity contribution < 1.29 is 17.9 Å². The molecule has 0 amide bonds. The van der Waals surface area contributed by atoms with E-state index in [9.17, 15) is 13.2 Å². The van der Waals surface area contributed by atoms with Crippen LogP contribution in [0.4, 0.5) is 16.6 Å². The van der Waals surface area contributed by atoms with Crippen LogP contribution >= 0.6 is 11.3 Å². The first kappa shape index (κ1) is 23.3. The second kappa shape index (κ2) is 9.27. The summed E-state index contributed by atoms with van der Waals surface area (Å²) in [7, 11) is -3.93. The number of aryl methyl sites for hydroxylation is 2. The molecule has 35 heavy (non-hydrogen) atoms. The molecular formula is C25H24N4O4S2. The molecule has 10 heteroatoms. The maximum absolute atomic E-state index is 13.2. The summed E-state index contributed by atoms with van der Waals surface area (Å²) in [5, 5.41) is 3.78. The van der Waals surface area contributed by atoms with Gasteiger partial charge in [0, 0.05) is 4.88 Å². The molecule has 0 fully saturated rings. The van der Waals surface area contributed by atoms with Gasteiger partial charge in [0.25, 0.3) is 10.0 Å². The van der Waals surface area contributed by atoms with Gasteiger partial charge in [-0.15, -0.1) is 11.3 Å². The third-order valence-corrected chi connectivity index (χ3v) is 8.28. The molecule has 0 saturated heterocycles. The van der Waals surface area contributed by atoms with Crippen molar-refractivity contribution in [1.82, 2.24) is 9.97 Å². The van der Waals surface area contributed by atoms with E-state index < -0.39 is 16.0 Å². The van der Waals surface area contributed by atoms with Crippen LogP contribution in [0.2, 0.25) is 0 Å². The fourth-order valence-corrected chi connectivity index (χ4v) is 6.54. The van der Waals surface area contributed by atoms with Crippen LogP contribution in [0, 0.1) is 6.92 Å². The summed E-state index contributed by atoms with van der Waals surface area (Å²) in [6, 6.07) is 13.8. The number of benzene rings is 2. The van der Waals surface area contributed by atoms with Gasteiger partial charge in [-0.05, 0) is 68.5 Å². The van der Waals surface area contributed by atoms with E-state index in [2.05, 4.69) is 20.0 Å². The molecule has 0 radical (unpaired) electrons. The van der Waals surface area contributed by atoms with Crippen LogP contribution in [0.3, 0.4) is 0 Å². The van der Waals surface area contributed by atoms with Crippen LogP contribution in [0.25, 0.3) is 11.0 Å². The predicted octanol–water partition coefficient (Wildman–Crippen LogP) is 5.21. The summed E-state index contributed by atoms with van der Waals surface area (Å²) < 4.78 is 34.3. The van der Waals surface area contributed by atoms with Gasteiger partial charge in [0.15, 0.2) is 11.6 Å². The van der Waals surface area contributed by atoms with Crippen molar-refractivity contribution in [3.8, 4) is 0 Å². The van der Waals surface area contributed by atoms with Gasteiger partial charge in [0.05, 0.1) is 28.1 Å². The highest BCUT2D eigenvalue weighted by Gasteiger charge is 2.29. The molecule has 0 unspecified atom stereocenters. The number of thiophene rings is 1. The molecule has 2 aromatic heterocycles. The maximum Gasteiger partial charge on any atom is 0.341 e. The number of para-hydroxylation sites is 2. The lowest BCUT2D eigenvalue weighted by molar-refractivity contribution is 0.0527. The van der Waals surface area contributed by atoms with Crippen LogP contribution in [-0.2, 0) is 27.6 Å². The lowest BCUT2D eigenvalue weighted by atomic mass is 10.1. The van der Waals surface area contributed by atoms with Gasteiger partial charge in [0.1, 0.15) is 5.00 Å². The zero-order valence-corrected chi connectivity index (χ0v) is 20.9. The summed E-state index contributed by atoms with van der Waals surface area (Å²) >= 11 is 1.47. The lowest BCUT2D eigenvalue weighted by Crippen LogP contribution is -2.16. The second-order valence-corrected chi connectivity index (χ2v) is 11.0. The van der Waals surface area contributed by atoms with Gasteiger partial charge in [-0.2, -0.15) is 0 Å². The Balaban J connectivity index is 1.60. The highest BCUT2D eigenvalue weighted by molar-refractivity contribution is 7.92. The number of aromatic nitrogens is 2. The van der Waals surface area contributed by atoms with Crippen LogP contribution < -0.4 is 10.0 Å². The largest absolute Gasteiger partial charge is 0.462 e. The van der Waals surface area contributed by atoms with Crippen molar-refractivity contribution in [2.75, 3.05) is 16.6 Å². The van der Waals surface area contributed by atoms with E-state index >= 15 is 0 Å². The standard InChI is InChI=1S/C25H24N4O4S2/c1-3-33-25(30)21-17-10-7-13-20(17)34-24(21)28-22-23(27-19-12-5-4-11-18(19)26-22)29-35(31,32)16-9-6-8-15(2)14-16/h4-6,8-9,11-12,14H,3,7,10,13H2,1-2H3,(H,26,28)(H,27,29). The van der Waals surface area contributed by atoms with Crippen molar-refractivity contribution in [3.63, 3.8) is 0 Å². The number of fused-ring (bicyclic) bond motifs is 2. The van der Waals surface area contributed by atoms with E-state index in [-0.39, 0.29) is 23.1 Å². The third kappa shape index (κ3) is 4.59. The SMILES string of the molecule is CCOC(=O)c1c(Nc2nc3ccccc3nc2NS(=O)(=O)c2cccc(C)c2)sc2c1CCC2. The van der Waals surface area contributed by atoms with Gasteiger partial charge in [-0.1, -0.05) is 24.3 Å². The number of rotatable bonds is 7. The van der Waals surface area contributed by atoms with E-state index in [1.165, 1.54) is 17.4 Å². The Morgan fingerprint density at radius 2 is 1.80 bits per heavy atom. The highest BCUT2D eigenvalue weighted by Crippen LogP contribution is 2.41. The smallest absolute Gasteiger partial charge is 0.341 e. The van der Waals surface area contributed by atoms with E-state index in [1.54, 1.807) is 31.2 Å². The number of carbonyl (C=O) groups excluding carboxylic acids is 1. The molecule has 5 rings (SSSR count). The lowest BCUT2D eigenvalue weighted by Gasteiger charge is -2.14. The van der Waals surface area contributed by atoms with Gasteiger partial charge < -0.3 is 10.1 Å². The second-order valence-electron chi connectivity index (χ2n) is 8.24. The van der Waals surface area contributed by atoms with E-state index in [0.717, 1.165) is 35.3 Å². The van der Waals surface area contributed by atoms with Crippen molar-refractivity contribution in [2.45, 2.75) is 38.0 Å². The molecule has 8 nitrogen and oxygen atoms in total. The summed E-state index contributed by atoms with van der Waals surface area (Å²) in [5.41, 5.74) is 3.44. The molecule has 4 aromatic rings. The monoisotopic (exact) mass is 508 g/mol. The number of ether oxygens (including phenoxy) is 1. The summed E-state index contributed by atoms with van der Waals surface area (Å²) in [6.45, 7) is 3.86. The number of hydrogen-bond donors (Lipinski definition) is 2. The van der Waals surface area contributed by atoms with E-state index in [4.69, 9.17) is 4.74 Å². The Labute approximate surface area is 207 Å². The Morgan fingerprint density at radius 1 is 1.06 bits per heavy atom. The fourth-order valence-electron chi connectivity index (χ4n) is 4.15. The van der Waals surface area contributed by atoms with Crippen LogP contribution in [-0.4, -0.2) is 31.0 Å². The zero-order chi connectivity index (χ0) is 24.6. The third-order valence-electron chi connectivity index (χ3n) is 5.73. The normalized spacial score (nSPS) is 13.0. The molecule has 2 N–H and O–H groups in total. The highest BCUT2D eigenvalue weighted by atomic mass is 32.2. The minimum Gasteiger partial charge on any atom is -0.462 e. The number of hydrogen-bond acceptors (Lipinski definition) is 8. The number of anilines is 3. The first-order valence-electron chi connectivity index (χ1n) is 11.3. The van der Waals surface area contributed by atoms with Gasteiger partial charge in [-0.25, -0.2) is 23.2 Å². The number of carbonyl (C=O) groups is 1. The molecule has 0 spiro atoms. The molecule has 0 saturated carbocycles. The van der Waals surface area contributed by atoms with Crippen LogP contribution in [0.5, 0.6) is 0 Å². The zero-order valence-electron chi connectivity index (χ0n) is 19.3. The Hall–Kier alpha value is -3.50. The van der Waals surface area contributed by atoms with Gasteiger partial charge >= 0.3 is 5.97 Å². The minimum absolute atomic E-state index is 0.0496. The average molecular weight is 509 g/mol. The summed E-state index contributed by atoms with van der Waals surface area (Å²) in [5.74, 6) is -0.135. The molecule has 2 aromatic carbocycles. The number of nitrogens with zero attached hydrogens (tertiary/aromatic N) is 2. The van der Waals surface area contributed by atoms with Crippen molar-refractivity contribution in [1.29, 1.82) is 0 Å². The van der Waals surface area contributed by atoms with E-state index in [0.29, 0.717) is 21.6 Å². The Kier molecular flexibility index (Phi) is 6.16. The van der Waals surface area contributed by atoms with E-state index in [1.807, 2.05) is 25.1 Å². The molecule has 0 atom stereocenters. The Morgan fingerprint density at radius 3 is 2.51 bits per heavy atom. The molecular weight excluding hydrogens is 484 g/mol. The fraction of sp³-hybridized carbons (Fsp3) is 0.240. The molecule has 0 bridgehead atoms. The van der Waals surface area contributed by atoms with Crippen molar-refractivity contribution in [2.24, 2.45) is 0 Å². The molecule has 180 valence electrons. The molecule has 1 aliphatic rings. The average Bonchev–Trinajstić information content (AvgIpc) is 3.40. The number of esters is 1. The Bertz CT molecular complexity index is 1550. The predicted molar refractivity (Wildman–Crippen MR) is 137 cm³/mol. The minimum atomic E-state index is -3.93.